The van der Waals surface area contributed by atoms with Gasteiger partial charge >= 0.3 is 0 Å². The Hall–Kier alpha value is -1.14. The summed E-state index contributed by atoms with van der Waals surface area (Å²) in [6.45, 7) is 6.31. The predicted octanol–water partition coefficient (Wildman–Crippen LogP) is 2.45. The van der Waals surface area contributed by atoms with Gasteiger partial charge in [-0.2, -0.15) is 4.31 Å². The van der Waals surface area contributed by atoms with Crippen molar-refractivity contribution in [3.63, 3.8) is 0 Å². The maximum absolute atomic E-state index is 13.6. The van der Waals surface area contributed by atoms with Crippen LogP contribution in [0.5, 0.6) is 0 Å². The standard InChI is InChI=1S/C14H21FN2O2S/c1-9-4-6-17(7-5-9)20(18,19)14-10(2)8-12(15)13(16)11(14)3/h8-9H,4-7,16H2,1-3H3. The van der Waals surface area contributed by atoms with Crippen molar-refractivity contribution in [2.24, 2.45) is 5.92 Å². The third kappa shape index (κ3) is 2.54. The normalized spacial score (nSPS) is 18.4. The van der Waals surface area contributed by atoms with E-state index in [1.54, 1.807) is 13.8 Å². The van der Waals surface area contributed by atoms with Crippen LogP contribution in [-0.4, -0.2) is 25.8 Å². The number of hydrogen-bond donors (Lipinski definition) is 1. The minimum Gasteiger partial charge on any atom is -0.396 e. The van der Waals surface area contributed by atoms with E-state index in [9.17, 15) is 12.8 Å². The number of nitrogens with zero attached hydrogens (tertiary/aromatic N) is 1. The van der Waals surface area contributed by atoms with E-state index < -0.39 is 15.8 Å². The molecule has 2 rings (SSSR count). The van der Waals surface area contributed by atoms with Crippen LogP contribution in [0.3, 0.4) is 0 Å². The summed E-state index contributed by atoms with van der Waals surface area (Å²) in [6, 6.07) is 1.20. The van der Waals surface area contributed by atoms with Crippen LogP contribution >= 0.6 is 0 Å². The van der Waals surface area contributed by atoms with Gasteiger partial charge in [0, 0.05) is 13.1 Å². The largest absolute Gasteiger partial charge is 0.396 e. The molecule has 0 saturated carbocycles. The maximum atomic E-state index is 13.6. The molecule has 1 heterocycles. The fourth-order valence-electron chi connectivity index (χ4n) is 2.68. The Morgan fingerprint density at radius 3 is 2.40 bits per heavy atom. The molecule has 1 fully saturated rings. The molecule has 112 valence electrons. The second-order valence-electron chi connectivity index (χ2n) is 5.63. The number of sulfonamides is 1. The van der Waals surface area contributed by atoms with Crippen LogP contribution in [0.25, 0.3) is 0 Å². The highest BCUT2D eigenvalue weighted by Crippen LogP contribution is 2.31. The van der Waals surface area contributed by atoms with Crippen molar-refractivity contribution < 1.29 is 12.8 Å². The third-order valence-electron chi connectivity index (χ3n) is 4.04. The lowest BCUT2D eigenvalue weighted by Crippen LogP contribution is -2.38. The molecule has 6 heteroatoms. The summed E-state index contributed by atoms with van der Waals surface area (Å²) in [5, 5.41) is 0. The van der Waals surface area contributed by atoms with Gasteiger partial charge in [0.25, 0.3) is 0 Å². The minimum absolute atomic E-state index is 0.0837. The van der Waals surface area contributed by atoms with Crippen molar-refractivity contribution in [2.45, 2.75) is 38.5 Å². The van der Waals surface area contributed by atoms with Gasteiger partial charge in [0.2, 0.25) is 10.0 Å². The van der Waals surface area contributed by atoms with Crippen LogP contribution in [0, 0.1) is 25.6 Å². The summed E-state index contributed by atoms with van der Waals surface area (Å²) >= 11 is 0. The first-order chi connectivity index (χ1) is 9.25. The summed E-state index contributed by atoms with van der Waals surface area (Å²) in [5.41, 5.74) is 6.27. The van der Waals surface area contributed by atoms with Crippen molar-refractivity contribution in [1.82, 2.24) is 4.31 Å². The first kappa shape index (κ1) is 15.3. The van der Waals surface area contributed by atoms with Crippen LogP contribution in [0.4, 0.5) is 10.1 Å². The van der Waals surface area contributed by atoms with E-state index in [-0.39, 0.29) is 10.6 Å². The number of nitrogen functional groups attached to an aromatic ring is 1. The zero-order chi connectivity index (χ0) is 15.1. The molecular formula is C14H21FN2O2S. The predicted molar refractivity (Wildman–Crippen MR) is 77.4 cm³/mol. The Labute approximate surface area is 119 Å². The van der Waals surface area contributed by atoms with Gasteiger partial charge < -0.3 is 5.73 Å². The van der Waals surface area contributed by atoms with E-state index in [4.69, 9.17) is 5.73 Å². The smallest absolute Gasteiger partial charge is 0.243 e. The van der Waals surface area contributed by atoms with E-state index in [2.05, 4.69) is 6.92 Å². The van der Waals surface area contributed by atoms with Gasteiger partial charge in [0.05, 0.1) is 10.6 Å². The number of piperidine rings is 1. The van der Waals surface area contributed by atoms with E-state index in [1.807, 2.05) is 0 Å². The summed E-state index contributed by atoms with van der Waals surface area (Å²) in [7, 11) is -3.60. The van der Waals surface area contributed by atoms with E-state index in [1.165, 1.54) is 10.4 Å². The lowest BCUT2D eigenvalue weighted by molar-refractivity contribution is 0.288. The molecule has 1 aliphatic heterocycles. The molecule has 0 bridgehead atoms. The summed E-state index contributed by atoms with van der Waals surface area (Å²) in [4.78, 5) is 0.158. The van der Waals surface area contributed by atoms with Gasteiger partial charge in [-0.25, -0.2) is 12.8 Å². The zero-order valence-electron chi connectivity index (χ0n) is 12.1. The second kappa shape index (κ2) is 5.33. The van der Waals surface area contributed by atoms with Gasteiger partial charge in [0.1, 0.15) is 5.82 Å². The lowest BCUT2D eigenvalue weighted by atomic mass is 10.0. The fourth-order valence-corrected chi connectivity index (χ4v) is 4.59. The summed E-state index contributed by atoms with van der Waals surface area (Å²) < 4.78 is 40.5. The van der Waals surface area contributed by atoms with Crippen LogP contribution in [0.1, 0.15) is 30.9 Å². The average molecular weight is 300 g/mol. The summed E-state index contributed by atoms with van der Waals surface area (Å²) in [5.74, 6) is -0.0202. The van der Waals surface area contributed by atoms with Crippen LogP contribution < -0.4 is 5.73 Å². The second-order valence-corrected chi connectivity index (χ2v) is 7.50. The van der Waals surface area contributed by atoms with E-state index in [0.717, 1.165) is 12.8 Å². The third-order valence-corrected chi connectivity index (χ3v) is 6.23. The van der Waals surface area contributed by atoms with Gasteiger partial charge in [-0.05, 0) is 49.8 Å². The molecule has 0 atom stereocenters. The molecule has 4 nitrogen and oxygen atoms in total. The maximum Gasteiger partial charge on any atom is 0.243 e. The lowest BCUT2D eigenvalue weighted by Gasteiger charge is -2.30. The van der Waals surface area contributed by atoms with Crippen LogP contribution in [0.15, 0.2) is 11.0 Å². The van der Waals surface area contributed by atoms with E-state index >= 15 is 0 Å². The number of rotatable bonds is 2. The Kier molecular flexibility index (Phi) is 4.07. The highest BCUT2D eigenvalue weighted by Gasteiger charge is 2.31. The first-order valence-electron chi connectivity index (χ1n) is 6.80. The zero-order valence-corrected chi connectivity index (χ0v) is 12.9. The number of halogens is 1. The Bertz CT molecular complexity index is 621. The van der Waals surface area contributed by atoms with Crippen molar-refractivity contribution in [3.05, 3.63) is 23.0 Å². The molecule has 0 amide bonds. The molecule has 2 N–H and O–H groups in total. The molecule has 0 aromatic heterocycles. The van der Waals surface area contributed by atoms with Crippen molar-refractivity contribution >= 4 is 15.7 Å². The highest BCUT2D eigenvalue weighted by molar-refractivity contribution is 7.89. The van der Waals surface area contributed by atoms with Crippen molar-refractivity contribution in [1.29, 1.82) is 0 Å². The van der Waals surface area contributed by atoms with Crippen molar-refractivity contribution in [2.75, 3.05) is 18.8 Å². The fraction of sp³-hybridized carbons (Fsp3) is 0.571. The highest BCUT2D eigenvalue weighted by atomic mass is 32.2. The molecule has 1 aromatic carbocycles. The number of benzene rings is 1. The molecular weight excluding hydrogens is 279 g/mol. The first-order valence-corrected chi connectivity index (χ1v) is 8.24. The SMILES string of the molecule is Cc1cc(F)c(N)c(C)c1S(=O)(=O)N1CCC(C)CC1. The number of aryl methyl sites for hydroxylation is 1. The monoisotopic (exact) mass is 300 g/mol. The number of nitrogens with two attached hydrogens (primary N) is 1. The Morgan fingerprint density at radius 1 is 1.30 bits per heavy atom. The van der Waals surface area contributed by atoms with Crippen LogP contribution in [-0.2, 0) is 10.0 Å². The number of hydrogen-bond acceptors (Lipinski definition) is 3. The molecule has 20 heavy (non-hydrogen) atoms. The quantitative estimate of drug-likeness (QED) is 0.853. The molecule has 1 saturated heterocycles. The molecule has 0 unspecified atom stereocenters. The van der Waals surface area contributed by atoms with Gasteiger partial charge in [-0.3, -0.25) is 0 Å². The topological polar surface area (TPSA) is 63.4 Å². The molecule has 1 aromatic rings. The van der Waals surface area contributed by atoms with E-state index in [0.29, 0.717) is 30.1 Å². The minimum atomic E-state index is -3.60. The van der Waals surface area contributed by atoms with Crippen LogP contribution in [0.2, 0.25) is 0 Å². The Morgan fingerprint density at radius 2 is 1.85 bits per heavy atom. The molecule has 0 spiro atoms. The molecule has 0 radical (unpaired) electrons. The molecule has 0 aliphatic carbocycles. The van der Waals surface area contributed by atoms with Gasteiger partial charge in [0.15, 0.2) is 0 Å². The molecule has 1 aliphatic rings. The van der Waals surface area contributed by atoms with Crippen molar-refractivity contribution in [3.8, 4) is 0 Å². The van der Waals surface area contributed by atoms with Gasteiger partial charge in [-0.15, -0.1) is 0 Å². The average Bonchev–Trinajstić information content (AvgIpc) is 2.36. The number of anilines is 1. The Balaban J connectivity index is 2.48. The summed E-state index contributed by atoms with van der Waals surface area (Å²) in [6.07, 6.45) is 1.71. The van der Waals surface area contributed by atoms with Gasteiger partial charge in [-0.1, -0.05) is 6.92 Å².